The zero-order valence-electron chi connectivity index (χ0n) is 17.7. The summed E-state index contributed by atoms with van der Waals surface area (Å²) in [5, 5.41) is 32.8. The predicted octanol–water partition coefficient (Wildman–Crippen LogP) is -1.56. The summed E-state index contributed by atoms with van der Waals surface area (Å²) in [4.78, 5) is 30.2. The minimum atomic E-state index is -1.66. The van der Waals surface area contributed by atoms with Crippen LogP contribution in [0.1, 0.15) is 12.5 Å². The molecule has 0 saturated heterocycles. The number of benzene rings is 1. The topological polar surface area (TPSA) is 184 Å². The van der Waals surface area contributed by atoms with Gasteiger partial charge in [-0.15, -0.1) is 0 Å². The second-order valence-corrected chi connectivity index (χ2v) is 7.85. The number of aliphatic imine (C=N–C) groups is 1. The SMILES string of the molecule is CC(=O)N[C@H]1[C@H]([C@H](O)[C@H](O)CO)OC(C(=O)N(C)Cc2cccc(Cl)c2)=C[C@@H]1N=C(N)N. The minimum Gasteiger partial charge on any atom is -0.480 e. The maximum Gasteiger partial charge on any atom is 0.288 e. The molecule has 1 aromatic carbocycles. The van der Waals surface area contributed by atoms with Crippen LogP contribution in [0, 0.1) is 0 Å². The van der Waals surface area contributed by atoms with E-state index >= 15 is 0 Å². The van der Waals surface area contributed by atoms with Gasteiger partial charge >= 0.3 is 0 Å². The summed E-state index contributed by atoms with van der Waals surface area (Å²) in [6, 6.07) is 4.95. The Morgan fingerprint density at radius 1 is 1.34 bits per heavy atom. The van der Waals surface area contributed by atoms with Crippen LogP contribution in [0.2, 0.25) is 5.02 Å². The zero-order chi connectivity index (χ0) is 24.0. The molecule has 1 aliphatic heterocycles. The van der Waals surface area contributed by atoms with E-state index in [0.29, 0.717) is 5.02 Å². The molecule has 1 aromatic rings. The first-order valence-corrected chi connectivity index (χ1v) is 10.1. The van der Waals surface area contributed by atoms with Crippen molar-refractivity contribution >= 4 is 29.4 Å². The number of hydrogen-bond acceptors (Lipinski definition) is 7. The molecule has 11 nitrogen and oxygen atoms in total. The third-order valence-electron chi connectivity index (χ3n) is 4.76. The molecule has 176 valence electrons. The summed E-state index contributed by atoms with van der Waals surface area (Å²) in [6.45, 7) is 0.665. The van der Waals surface area contributed by atoms with Crippen LogP contribution in [0.5, 0.6) is 0 Å². The van der Waals surface area contributed by atoms with Crippen LogP contribution in [-0.4, -0.2) is 82.0 Å². The number of nitrogens with zero attached hydrogens (tertiary/aromatic N) is 2. The molecular formula is C20H28ClN5O6. The largest absolute Gasteiger partial charge is 0.480 e. The van der Waals surface area contributed by atoms with E-state index in [1.807, 2.05) is 0 Å². The van der Waals surface area contributed by atoms with Crippen molar-refractivity contribution in [3.63, 3.8) is 0 Å². The van der Waals surface area contributed by atoms with Gasteiger partial charge in [-0.1, -0.05) is 23.7 Å². The number of likely N-dealkylation sites (N-methyl/N-ethyl adjacent to an activating group) is 1. The summed E-state index contributed by atoms with van der Waals surface area (Å²) in [5.41, 5.74) is 11.8. The predicted molar refractivity (Wildman–Crippen MR) is 117 cm³/mol. The van der Waals surface area contributed by atoms with E-state index in [1.165, 1.54) is 24.9 Å². The van der Waals surface area contributed by atoms with Gasteiger partial charge in [-0.2, -0.15) is 0 Å². The second-order valence-electron chi connectivity index (χ2n) is 7.42. The maximum atomic E-state index is 13.1. The van der Waals surface area contributed by atoms with Crippen LogP contribution in [0.25, 0.3) is 0 Å². The first-order chi connectivity index (χ1) is 15.0. The number of guanidine groups is 1. The quantitative estimate of drug-likeness (QED) is 0.195. The Morgan fingerprint density at radius 2 is 2.03 bits per heavy atom. The molecule has 2 amide bonds. The summed E-state index contributed by atoms with van der Waals surface area (Å²) >= 11 is 5.99. The fourth-order valence-corrected chi connectivity index (χ4v) is 3.52. The molecule has 0 aromatic heterocycles. The van der Waals surface area contributed by atoms with Crippen LogP contribution in [-0.2, 0) is 20.9 Å². The summed E-state index contributed by atoms with van der Waals surface area (Å²) < 4.78 is 5.70. The lowest BCUT2D eigenvalue weighted by Gasteiger charge is -2.39. The maximum absolute atomic E-state index is 13.1. The van der Waals surface area contributed by atoms with Crippen molar-refractivity contribution in [1.29, 1.82) is 0 Å². The van der Waals surface area contributed by atoms with Gasteiger partial charge < -0.3 is 41.7 Å². The average molecular weight is 470 g/mol. The summed E-state index contributed by atoms with van der Waals surface area (Å²) in [7, 11) is 1.54. The van der Waals surface area contributed by atoms with Gasteiger partial charge in [0.05, 0.1) is 18.7 Å². The molecular weight excluding hydrogens is 442 g/mol. The van der Waals surface area contributed by atoms with Gasteiger partial charge in [0.1, 0.15) is 18.3 Å². The van der Waals surface area contributed by atoms with E-state index < -0.39 is 48.8 Å². The van der Waals surface area contributed by atoms with Crippen molar-refractivity contribution in [1.82, 2.24) is 10.2 Å². The van der Waals surface area contributed by atoms with Gasteiger partial charge in [0.2, 0.25) is 5.91 Å². The normalized spacial score (nSPS) is 22.1. The lowest BCUT2D eigenvalue weighted by molar-refractivity contribution is -0.140. The van der Waals surface area contributed by atoms with Crippen molar-refractivity contribution in [3.05, 3.63) is 46.7 Å². The molecule has 0 spiro atoms. The molecule has 5 atom stereocenters. The number of rotatable bonds is 8. The van der Waals surface area contributed by atoms with Gasteiger partial charge in [0.25, 0.3) is 5.91 Å². The number of halogens is 1. The van der Waals surface area contributed by atoms with Crippen molar-refractivity contribution in [2.24, 2.45) is 16.5 Å². The molecule has 0 radical (unpaired) electrons. The summed E-state index contributed by atoms with van der Waals surface area (Å²) in [6.07, 6.45) is -3.28. The van der Waals surface area contributed by atoms with Crippen molar-refractivity contribution in [3.8, 4) is 0 Å². The first-order valence-electron chi connectivity index (χ1n) is 9.74. The highest BCUT2D eigenvalue weighted by Gasteiger charge is 2.44. The Bertz CT molecular complexity index is 891. The minimum absolute atomic E-state index is 0.194. The van der Waals surface area contributed by atoms with Gasteiger partial charge in [-0.25, -0.2) is 4.99 Å². The molecule has 0 bridgehead atoms. The van der Waals surface area contributed by atoms with E-state index in [4.69, 9.17) is 27.8 Å². The smallest absolute Gasteiger partial charge is 0.288 e. The van der Waals surface area contributed by atoms with E-state index in [1.54, 1.807) is 24.3 Å². The molecule has 0 aliphatic carbocycles. The Hall–Kier alpha value is -2.86. The molecule has 2 rings (SSSR count). The number of ether oxygens (including phenoxy) is 1. The molecule has 12 heteroatoms. The van der Waals surface area contributed by atoms with Crippen molar-refractivity contribution in [2.75, 3.05) is 13.7 Å². The Kier molecular flexibility index (Phi) is 8.84. The Balaban J connectivity index is 2.38. The van der Waals surface area contributed by atoms with E-state index in [9.17, 15) is 24.9 Å². The van der Waals surface area contributed by atoms with Crippen LogP contribution in [0.15, 0.2) is 41.1 Å². The van der Waals surface area contributed by atoms with Gasteiger partial charge in [0.15, 0.2) is 11.7 Å². The fourth-order valence-electron chi connectivity index (χ4n) is 3.30. The van der Waals surface area contributed by atoms with Crippen molar-refractivity contribution < 1.29 is 29.6 Å². The van der Waals surface area contributed by atoms with E-state index in [0.717, 1.165) is 5.56 Å². The second kappa shape index (κ2) is 11.1. The third kappa shape index (κ3) is 6.57. The highest BCUT2D eigenvalue weighted by atomic mass is 35.5. The highest BCUT2D eigenvalue weighted by Crippen LogP contribution is 2.26. The Labute approximate surface area is 190 Å². The monoisotopic (exact) mass is 469 g/mol. The van der Waals surface area contributed by atoms with Gasteiger partial charge in [0, 0.05) is 25.5 Å². The molecule has 0 saturated carbocycles. The molecule has 0 unspecified atom stereocenters. The number of nitrogens with two attached hydrogens (primary N) is 2. The number of aliphatic hydroxyl groups excluding tert-OH is 3. The molecule has 1 heterocycles. The number of aliphatic hydroxyl groups is 3. The fraction of sp³-hybridized carbons (Fsp3) is 0.450. The lowest BCUT2D eigenvalue weighted by Crippen LogP contribution is -2.60. The number of carbonyl (C=O) groups is 2. The number of nitrogens with one attached hydrogen (secondary N) is 1. The standard InChI is InChI=1S/C20H28ClN5O6/c1-10(28)24-16-13(25-20(22)23)7-15(32-18(16)17(30)14(29)9-27)19(31)26(2)8-11-4-3-5-12(21)6-11/h3-7,13-14,16-18,27,29-30H,8-9H2,1-2H3,(H,24,28)(H4,22,23,25)/t13-,14+,16+,17+,18+/m0/s1. The average Bonchev–Trinajstić information content (AvgIpc) is 2.72. The number of carbonyl (C=O) groups excluding carboxylic acids is 2. The molecule has 8 N–H and O–H groups in total. The van der Waals surface area contributed by atoms with Gasteiger partial charge in [-0.3, -0.25) is 9.59 Å². The zero-order valence-corrected chi connectivity index (χ0v) is 18.4. The number of hydrogen-bond donors (Lipinski definition) is 6. The van der Waals surface area contributed by atoms with E-state index in [2.05, 4.69) is 10.3 Å². The molecule has 32 heavy (non-hydrogen) atoms. The lowest BCUT2D eigenvalue weighted by atomic mass is 9.92. The van der Waals surface area contributed by atoms with Crippen LogP contribution in [0.4, 0.5) is 0 Å². The Morgan fingerprint density at radius 3 is 2.59 bits per heavy atom. The highest BCUT2D eigenvalue weighted by molar-refractivity contribution is 6.30. The van der Waals surface area contributed by atoms with Crippen molar-refractivity contribution in [2.45, 2.75) is 43.9 Å². The van der Waals surface area contributed by atoms with Gasteiger partial charge in [-0.05, 0) is 23.8 Å². The van der Waals surface area contributed by atoms with Crippen LogP contribution >= 0.6 is 11.6 Å². The summed E-state index contributed by atoms with van der Waals surface area (Å²) in [5.74, 6) is -1.55. The molecule has 1 aliphatic rings. The first kappa shape index (κ1) is 25.4. The van der Waals surface area contributed by atoms with E-state index in [-0.39, 0.29) is 18.3 Å². The number of amides is 2. The van der Waals surface area contributed by atoms with Crippen LogP contribution < -0.4 is 16.8 Å². The third-order valence-corrected chi connectivity index (χ3v) is 4.99. The van der Waals surface area contributed by atoms with Crippen LogP contribution in [0.3, 0.4) is 0 Å². The molecule has 0 fully saturated rings.